The molecule has 0 atom stereocenters. The van der Waals surface area contributed by atoms with Crippen molar-refractivity contribution in [1.82, 2.24) is 9.97 Å². The normalized spacial score (nSPS) is 9.92. The minimum Gasteiger partial charge on any atom is -0.379 e. The third kappa shape index (κ3) is 2.77. The van der Waals surface area contributed by atoms with Crippen LogP contribution in [0.15, 0.2) is 15.8 Å². The zero-order valence-electron chi connectivity index (χ0n) is 7.52. The molecule has 1 rings (SSSR count). The van der Waals surface area contributed by atoms with Crippen LogP contribution in [0.3, 0.4) is 0 Å². The van der Waals surface area contributed by atoms with E-state index in [1.165, 1.54) is 6.20 Å². The fourth-order valence-electron chi connectivity index (χ4n) is 0.941. The summed E-state index contributed by atoms with van der Waals surface area (Å²) in [5.74, 6) is 0. The Morgan fingerprint density at radius 3 is 2.85 bits per heavy atom. The Bertz CT molecular complexity index is 366. The molecule has 0 spiro atoms. The highest BCUT2D eigenvalue weighted by Crippen LogP contribution is 1.93. The molecule has 5 nitrogen and oxygen atoms in total. The summed E-state index contributed by atoms with van der Waals surface area (Å²) >= 11 is 0. The Hall–Kier alpha value is -1.52. The van der Waals surface area contributed by atoms with Gasteiger partial charge in [0, 0.05) is 12.7 Å². The largest absolute Gasteiger partial charge is 0.379 e. The zero-order valence-corrected chi connectivity index (χ0v) is 7.52. The molecule has 1 aromatic heterocycles. The third-order valence-corrected chi connectivity index (χ3v) is 1.67. The maximum atomic E-state index is 11.1. The van der Waals surface area contributed by atoms with Crippen LogP contribution >= 0.6 is 0 Å². The van der Waals surface area contributed by atoms with Gasteiger partial charge in [0.2, 0.25) is 0 Å². The molecule has 13 heavy (non-hydrogen) atoms. The highest BCUT2D eigenvalue weighted by atomic mass is 16.2. The summed E-state index contributed by atoms with van der Waals surface area (Å²) in [6.07, 6.45) is 3.45. The van der Waals surface area contributed by atoms with Gasteiger partial charge in [0.25, 0.3) is 5.56 Å². The molecule has 3 N–H and O–H groups in total. The van der Waals surface area contributed by atoms with E-state index in [0.717, 1.165) is 19.4 Å². The number of anilines is 1. The summed E-state index contributed by atoms with van der Waals surface area (Å²) < 4.78 is 0. The number of H-pyrrole nitrogens is 2. The molecule has 0 radical (unpaired) electrons. The Balaban J connectivity index is 2.67. The van der Waals surface area contributed by atoms with Gasteiger partial charge >= 0.3 is 5.69 Å². The van der Waals surface area contributed by atoms with Crippen molar-refractivity contribution in [3.05, 3.63) is 27.0 Å². The van der Waals surface area contributed by atoms with Gasteiger partial charge < -0.3 is 10.3 Å². The summed E-state index contributed by atoms with van der Waals surface area (Å²) in [6, 6.07) is 0. The van der Waals surface area contributed by atoms with Gasteiger partial charge in [-0.05, 0) is 6.42 Å². The third-order valence-electron chi connectivity index (χ3n) is 1.67. The molecule has 0 aliphatic rings. The maximum Gasteiger partial charge on any atom is 0.325 e. The molecule has 0 unspecified atom stereocenters. The highest BCUT2D eigenvalue weighted by molar-refractivity contribution is 5.36. The Labute approximate surface area is 75.2 Å². The van der Waals surface area contributed by atoms with Crippen LogP contribution in [0.5, 0.6) is 0 Å². The summed E-state index contributed by atoms with van der Waals surface area (Å²) in [5, 5.41) is 2.93. The van der Waals surface area contributed by atoms with E-state index in [0.29, 0.717) is 5.69 Å². The number of aromatic nitrogens is 2. The van der Waals surface area contributed by atoms with Gasteiger partial charge in [-0.25, -0.2) is 4.79 Å². The molecule has 0 fully saturated rings. The molecule has 0 bridgehead atoms. The van der Waals surface area contributed by atoms with E-state index >= 15 is 0 Å². The van der Waals surface area contributed by atoms with E-state index in [9.17, 15) is 9.59 Å². The van der Waals surface area contributed by atoms with Gasteiger partial charge in [0.05, 0.1) is 0 Å². The number of hydrogen-bond acceptors (Lipinski definition) is 3. The van der Waals surface area contributed by atoms with E-state index in [1.54, 1.807) is 0 Å². The molecule has 0 amide bonds. The minimum atomic E-state index is -0.481. The predicted molar refractivity (Wildman–Crippen MR) is 51.1 cm³/mol. The predicted octanol–water partition coefficient (Wildman–Crippen LogP) is 0.275. The van der Waals surface area contributed by atoms with Crippen molar-refractivity contribution in [3.8, 4) is 0 Å². The SMILES string of the molecule is CCCCNc1c[nH]c(=O)[nH]c1=O. The first-order chi connectivity index (χ1) is 6.24. The lowest BCUT2D eigenvalue weighted by Gasteiger charge is -2.02. The molecular formula is C8H13N3O2. The van der Waals surface area contributed by atoms with Crippen LogP contribution in [0, 0.1) is 0 Å². The van der Waals surface area contributed by atoms with Crippen molar-refractivity contribution in [3.63, 3.8) is 0 Å². The van der Waals surface area contributed by atoms with Crippen LogP contribution in [-0.2, 0) is 0 Å². The van der Waals surface area contributed by atoms with E-state index in [4.69, 9.17) is 0 Å². The fraction of sp³-hybridized carbons (Fsp3) is 0.500. The first-order valence-electron chi connectivity index (χ1n) is 4.30. The summed E-state index contributed by atoms with van der Waals surface area (Å²) in [5.41, 5.74) is -0.445. The van der Waals surface area contributed by atoms with E-state index in [2.05, 4.69) is 22.2 Å². The number of nitrogens with one attached hydrogen (secondary N) is 3. The molecule has 5 heteroatoms. The molecule has 0 aliphatic carbocycles. The number of aromatic amines is 2. The van der Waals surface area contributed by atoms with E-state index in [-0.39, 0.29) is 5.56 Å². The molecule has 1 heterocycles. The van der Waals surface area contributed by atoms with Crippen molar-refractivity contribution in [1.29, 1.82) is 0 Å². The topological polar surface area (TPSA) is 77.8 Å². The van der Waals surface area contributed by atoms with Crippen molar-refractivity contribution in [2.75, 3.05) is 11.9 Å². The van der Waals surface area contributed by atoms with Gasteiger partial charge in [-0.2, -0.15) is 0 Å². The second-order valence-corrected chi connectivity index (χ2v) is 2.77. The van der Waals surface area contributed by atoms with Crippen LogP contribution in [-0.4, -0.2) is 16.5 Å². The Morgan fingerprint density at radius 1 is 1.46 bits per heavy atom. The molecule has 1 aromatic rings. The van der Waals surface area contributed by atoms with Gasteiger partial charge in [-0.1, -0.05) is 13.3 Å². The van der Waals surface area contributed by atoms with Crippen LogP contribution in [0.1, 0.15) is 19.8 Å². The lowest BCUT2D eigenvalue weighted by molar-refractivity contribution is 0.831. The summed E-state index contributed by atoms with van der Waals surface area (Å²) in [6.45, 7) is 2.81. The standard InChI is InChI=1S/C8H13N3O2/c1-2-3-4-9-6-5-10-8(13)11-7(6)12/h5,9H,2-4H2,1H3,(H2,10,11,12,13). The zero-order chi connectivity index (χ0) is 9.68. The molecule has 0 saturated heterocycles. The van der Waals surface area contributed by atoms with Crippen LogP contribution in [0.2, 0.25) is 0 Å². The lowest BCUT2D eigenvalue weighted by Crippen LogP contribution is -2.24. The molecule has 72 valence electrons. The van der Waals surface area contributed by atoms with Gasteiger partial charge in [-0.15, -0.1) is 0 Å². The van der Waals surface area contributed by atoms with Crippen LogP contribution in [0.4, 0.5) is 5.69 Å². The minimum absolute atomic E-state index is 0.375. The van der Waals surface area contributed by atoms with E-state index < -0.39 is 5.69 Å². The summed E-state index contributed by atoms with van der Waals surface area (Å²) in [4.78, 5) is 26.3. The highest BCUT2D eigenvalue weighted by Gasteiger charge is 1.96. The van der Waals surface area contributed by atoms with Crippen molar-refractivity contribution < 1.29 is 0 Å². The van der Waals surface area contributed by atoms with Crippen molar-refractivity contribution in [2.45, 2.75) is 19.8 Å². The smallest absolute Gasteiger partial charge is 0.325 e. The van der Waals surface area contributed by atoms with Crippen LogP contribution < -0.4 is 16.6 Å². The van der Waals surface area contributed by atoms with Gasteiger partial charge in [-0.3, -0.25) is 9.78 Å². The Kier molecular flexibility index (Phi) is 3.31. The molecule has 0 aliphatic heterocycles. The number of hydrogen-bond donors (Lipinski definition) is 3. The monoisotopic (exact) mass is 183 g/mol. The first kappa shape index (κ1) is 9.57. The quantitative estimate of drug-likeness (QED) is 0.586. The fourth-order valence-corrected chi connectivity index (χ4v) is 0.941. The average molecular weight is 183 g/mol. The summed E-state index contributed by atoms with van der Waals surface area (Å²) in [7, 11) is 0. The van der Waals surface area contributed by atoms with Gasteiger partial charge in [0.1, 0.15) is 5.69 Å². The second kappa shape index (κ2) is 4.49. The first-order valence-corrected chi connectivity index (χ1v) is 4.30. The number of rotatable bonds is 4. The Morgan fingerprint density at radius 2 is 2.23 bits per heavy atom. The van der Waals surface area contributed by atoms with Gasteiger partial charge in [0.15, 0.2) is 0 Å². The van der Waals surface area contributed by atoms with Crippen LogP contribution in [0.25, 0.3) is 0 Å². The maximum absolute atomic E-state index is 11.1. The molecule has 0 saturated carbocycles. The lowest BCUT2D eigenvalue weighted by atomic mass is 10.3. The number of unbranched alkanes of at least 4 members (excludes halogenated alkanes) is 1. The molecular weight excluding hydrogens is 170 g/mol. The van der Waals surface area contributed by atoms with Crippen molar-refractivity contribution >= 4 is 5.69 Å². The van der Waals surface area contributed by atoms with Crippen molar-refractivity contribution in [2.24, 2.45) is 0 Å². The molecule has 0 aromatic carbocycles. The second-order valence-electron chi connectivity index (χ2n) is 2.77. The average Bonchev–Trinajstić information content (AvgIpc) is 2.09. The van der Waals surface area contributed by atoms with E-state index in [1.807, 2.05) is 0 Å².